The third-order valence-electron chi connectivity index (χ3n) is 2.13. The Bertz CT molecular complexity index is 291. The predicted octanol–water partition coefficient (Wildman–Crippen LogP) is 3.74. The smallest absolute Gasteiger partial charge is 0.0931 e. The normalized spacial score (nSPS) is 14.4. The Hall–Kier alpha value is -0.0500. The molecule has 14 heavy (non-hydrogen) atoms. The molecule has 1 aromatic heterocycles. The van der Waals surface area contributed by atoms with Crippen LogP contribution in [0.4, 0.5) is 0 Å². The fourth-order valence-corrected chi connectivity index (χ4v) is 3.14. The van der Waals surface area contributed by atoms with Crippen LogP contribution in [0, 0.1) is 5.41 Å². The summed E-state index contributed by atoms with van der Waals surface area (Å²) in [6.45, 7) is 6.18. The van der Waals surface area contributed by atoms with Crippen LogP contribution in [0.25, 0.3) is 0 Å². The van der Waals surface area contributed by atoms with Crippen molar-refractivity contribution in [3.63, 3.8) is 0 Å². The number of aliphatic hydroxyl groups excluding tert-OH is 1. The van der Waals surface area contributed by atoms with Crippen molar-refractivity contribution in [2.75, 3.05) is 0 Å². The van der Waals surface area contributed by atoms with E-state index in [9.17, 15) is 5.11 Å². The van der Waals surface area contributed by atoms with Gasteiger partial charge in [-0.15, -0.1) is 11.3 Å². The zero-order valence-corrected chi connectivity index (χ0v) is 10.5. The van der Waals surface area contributed by atoms with Gasteiger partial charge in [0, 0.05) is 4.88 Å². The van der Waals surface area contributed by atoms with E-state index in [2.05, 4.69) is 19.9 Å². The molecule has 1 N–H and O–H groups in total. The van der Waals surface area contributed by atoms with Gasteiger partial charge in [-0.1, -0.05) is 25.4 Å². The third-order valence-corrected chi connectivity index (χ3v) is 3.36. The fourth-order valence-electron chi connectivity index (χ4n) is 1.79. The quantitative estimate of drug-likeness (QED) is 0.839. The summed E-state index contributed by atoms with van der Waals surface area (Å²) in [5, 5.41) is 9.35. The second-order valence-electron chi connectivity index (χ2n) is 4.60. The molecule has 0 saturated carbocycles. The number of aliphatic hydroxyl groups is 1. The van der Waals surface area contributed by atoms with E-state index in [1.54, 1.807) is 11.3 Å². The summed E-state index contributed by atoms with van der Waals surface area (Å²) < 4.78 is 0.841. The first-order valence-corrected chi connectivity index (χ1v) is 6.01. The summed E-state index contributed by atoms with van der Waals surface area (Å²) in [7, 11) is 0. The van der Waals surface area contributed by atoms with Crippen LogP contribution in [-0.4, -0.2) is 11.2 Å². The molecule has 1 unspecified atom stereocenters. The van der Waals surface area contributed by atoms with Crippen LogP contribution in [0.3, 0.4) is 0 Å². The molecule has 0 bridgehead atoms. The highest BCUT2D eigenvalue weighted by Gasteiger charge is 2.21. The van der Waals surface area contributed by atoms with E-state index < -0.39 is 0 Å². The zero-order valence-electron chi connectivity index (χ0n) is 8.88. The highest BCUT2D eigenvalue weighted by molar-refractivity contribution is 7.16. The third kappa shape index (κ3) is 3.99. The van der Waals surface area contributed by atoms with Gasteiger partial charge in [-0.3, -0.25) is 0 Å². The van der Waals surface area contributed by atoms with Gasteiger partial charge < -0.3 is 5.11 Å². The second kappa shape index (κ2) is 4.65. The Morgan fingerprint density at radius 2 is 2.14 bits per heavy atom. The van der Waals surface area contributed by atoms with Gasteiger partial charge in [0.05, 0.1) is 10.4 Å². The van der Waals surface area contributed by atoms with Gasteiger partial charge in [0.2, 0.25) is 0 Å². The minimum atomic E-state index is -0.236. The maximum absolute atomic E-state index is 9.35. The Labute approximate surface area is 94.7 Å². The predicted molar refractivity (Wildman–Crippen MR) is 63.1 cm³/mol. The maximum atomic E-state index is 9.35. The standard InChI is InChI=1S/C11H17ClOS/c1-8(13)6-11(2,3)7-9-4-5-10(12)14-9/h4-5,8,13H,6-7H2,1-3H3. The second-order valence-corrected chi connectivity index (χ2v) is 6.40. The summed E-state index contributed by atoms with van der Waals surface area (Å²) >= 11 is 7.49. The molecular formula is C11H17ClOS. The average Bonchev–Trinajstić information content (AvgIpc) is 2.30. The monoisotopic (exact) mass is 232 g/mol. The van der Waals surface area contributed by atoms with E-state index >= 15 is 0 Å². The molecule has 0 aliphatic carbocycles. The minimum Gasteiger partial charge on any atom is -0.393 e. The van der Waals surface area contributed by atoms with E-state index in [0.29, 0.717) is 0 Å². The first-order valence-electron chi connectivity index (χ1n) is 4.81. The first-order chi connectivity index (χ1) is 6.39. The van der Waals surface area contributed by atoms with Gasteiger partial charge >= 0.3 is 0 Å². The van der Waals surface area contributed by atoms with Crippen LogP contribution in [0.15, 0.2) is 12.1 Å². The summed E-state index contributed by atoms with van der Waals surface area (Å²) in [5.74, 6) is 0. The van der Waals surface area contributed by atoms with Crippen molar-refractivity contribution in [1.82, 2.24) is 0 Å². The van der Waals surface area contributed by atoms with Crippen molar-refractivity contribution in [2.45, 2.75) is 39.7 Å². The lowest BCUT2D eigenvalue weighted by atomic mass is 9.83. The number of rotatable bonds is 4. The number of hydrogen-bond acceptors (Lipinski definition) is 2. The van der Waals surface area contributed by atoms with Gasteiger partial charge in [-0.05, 0) is 37.3 Å². The number of hydrogen-bond donors (Lipinski definition) is 1. The molecule has 1 aromatic rings. The molecule has 0 fully saturated rings. The molecule has 0 aromatic carbocycles. The van der Waals surface area contributed by atoms with Crippen LogP contribution < -0.4 is 0 Å². The van der Waals surface area contributed by atoms with Crippen LogP contribution in [0.2, 0.25) is 4.34 Å². The van der Waals surface area contributed by atoms with E-state index in [4.69, 9.17) is 11.6 Å². The molecule has 0 aliphatic heterocycles. The molecule has 0 radical (unpaired) electrons. The van der Waals surface area contributed by atoms with Crippen molar-refractivity contribution in [3.8, 4) is 0 Å². The molecule has 1 rings (SSSR count). The highest BCUT2D eigenvalue weighted by atomic mass is 35.5. The lowest BCUT2D eigenvalue weighted by Crippen LogP contribution is -2.20. The van der Waals surface area contributed by atoms with Gasteiger partial charge in [0.25, 0.3) is 0 Å². The maximum Gasteiger partial charge on any atom is 0.0931 e. The summed E-state index contributed by atoms with van der Waals surface area (Å²) in [4.78, 5) is 1.29. The van der Waals surface area contributed by atoms with E-state index in [1.807, 2.05) is 13.0 Å². The Morgan fingerprint density at radius 1 is 1.50 bits per heavy atom. The molecule has 1 atom stereocenters. The number of halogens is 1. The minimum absolute atomic E-state index is 0.141. The van der Waals surface area contributed by atoms with Crippen LogP contribution in [0.1, 0.15) is 32.1 Å². The van der Waals surface area contributed by atoms with E-state index in [-0.39, 0.29) is 11.5 Å². The summed E-state index contributed by atoms with van der Waals surface area (Å²) in [5.41, 5.74) is 0.141. The Kier molecular flexibility index (Phi) is 3.99. The van der Waals surface area contributed by atoms with Crippen molar-refractivity contribution in [3.05, 3.63) is 21.3 Å². The molecule has 0 spiro atoms. The van der Waals surface area contributed by atoms with Crippen LogP contribution >= 0.6 is 22.9 Å². The Balaban J connectivity index is 2.58. The largest absolute Gasteiger partial charge is 0.393 e. The highest BCUT2D eigenvalue weighted by Crippen LogP contribution is 2.31. The topological polar surface area (TPSA) is 20.2 Å². The molecule has 1 heterocycles. The molecule has 0 amide bonds. The fraction of sp³-hybridized carbons (Fsp3) is 0.636. The molecule has 0 saturated heterocycles. The van der Waals surface area contributed by atoms with E-state index in [0.717, 1.165) is 17.2 Å². The summed E-state index contributed by atoms with van der Waals surface area (Å²) in [6, 6.07) is 4.00. The molecular weight excluding hydrogens is 216 g/mol. The van der Waals surface area contributed by atoms with Crippen molar-refractivity contribution >= 4 is 22.9 Å². The van der Waals surface area contributed by atoms with E-state index in [1.165, 1.54) is 4.88 Å². The average molecular weight is 233 g/mol. The van der Waals surface area contributed by atoms with Gasteiger partial charge in [0.1, 0.15) is 0 Å². The van der Waals surface area contributed by atoms with Gasteiger partial charge in [-0.2, -0.15) is 0 Å². The Morgan fingerprint density at radius 3 is 2.57 bits per heavy atom. The molecule has 0 aliphatic rings. The first kappa shape index (κ1) is 12.0. The summed E-state index contributed by atoms with van der Waals surface area (Å²) in [6.07, 6.45) is 1.57. The number of thiophene rings is 1. The van der Waals surface area contributed by atoms with Crippen molar-refractivity contribution < 1.29 is 5.11 Å². The van der Waals surface area contributed by atoms with Gasteiger partial charge in [0.15, 0.2) is 0 Å². The lowest BCUT2D eigenvalue weighted by Gasteiger charge is -2.25. The molecule has 80 valence electrons. The SMILES string of the molecule is CC(O)CC(C)(C)Cc1ccc(Cl)s1. The van der Waals surface area contributed by atoms with Crippen molar-refractivity contribution in [1.29, 1.82) is 0 Å². The zero-order chi connectivity index (χ0) is 10.8. The molecule has 3 heteroatoms. The van der Waals surface area contributed by atoms with Crippen LogP contribution in [-0.2, 0) is 6.42 Å². The van der Waals surface area contributed by atoms with Crippen LogP contribution in [0.5, 0.6) is 0 Å². The lowest BCUT2D eigenvalue weighted by molar-refractivity contribution is 0.130. The van der Waals surface area contributed by atoms with Gasteiger partial charge in [-0.25, -0.2) is 0 Å². The molecule has 1 nitrogen and oxygen atoms in total. The van der Waals surface area contributed by atoms with Crippen molar-refractivity contribution in [2.24, 2.45) is 5.41 Å².